The molecule has 5 heteroatoms. The van der Waals surface area contributed by atoms with E-state index in [2.05, 4.69) is 39.8 Å². The summed E-state index contributed by atoms with van der Waals surface area (Å²) in [6.07, 6.45) is 21.9. The van der Waals surface area contributed by atoms with Crippen LogP contribution in [0.3, 0.4) is 0 Å². The Morgan fingerprint density at radius 1 is 0.970 bits per heavy atom. The molecular formula is C28H35N5. The van der Waals surface area contributed by atoms with Gasteiger partial charge in [0.05, 0.1) is 11.7 Å². The van der Waals surface area contributed by atoms with E-state index in [0.29, 0.717) is 12.0 Å². The van der Waals surface area contributed by atoms with Gasteiger partial charge in [0.1, 0.15) is 17.7 Å². The standard InChI is InChI=1S/C28H35N5/c29-17-20(18-30)24-15-23(31-22-10-2-1-3-11-22)16-26-27(24)32-28-13-7-6-9-21(28)14-19-8-4-5-12-25(19)33(26)28/h15-16,21-22,27,31-32H,1-14H2. The van der Waals surface area contributed by atoms with Crippen molar-refractivity contribution in [1.82, 2.24) is 15.5 Å². The molecule has 0 aromatic rings. The highest BCUT2D eigenvalue weighted by Gasteiger charge is 2.58. The van der Waals surface area contributed by atoms with E-state index in [1.54, 1.807) is 11.3 Å². The molecule has 1 spiro atoms. The van der Waals surface area contributed by atoms with Crippen LogP contribution in [0.2, 0.25) is 0 Å². The van der Waals surface area contributed by atoms with E-state index in [1.165, 1.54) is 82.7 Å². The van der Waals surface area contributed by atoms with Gasteiger partial charge in [-0.2, -0.15) is 10.5 Å². The Balaban J connectivity index is 1.47. The van der Waals surface area contributed by atoms with E-state index in [-0.39, 0.29) is 17.3 Å². The second-order valence-electron chi connectivity index (χ2n) is 10.9. The number of hydrogen-bond donors (Lipinski definition) is 2. The predicted molar refractivity (Wildman–Crippen MR) is 128 cm³/mol. The lowest BCUT2D eigenvalue weighted by Gasteiger charge is -2.54. The molecule has 2 aliphatic heterocycles. The number of nitrogens with one attached hydrogen (secondary N) is 2. The van der Waals surface area contributed by atoms with Gasteiger partial charge in [-0.3, -0.25) is 5.32 Å². The Hall–Kier alpha value is -2.50. The van der Waals surface area contributed by atoms with Crippen molar-refractivity contribution in [2.75, 3.05) is 0 Å². The van der Waals surface area contributed by atoms with Gasteiger partial charge in [0.25, 0.3) is 0 Å². The van der Waals surface area contributed by atoms with Crippen LogP contribution in [0, 0.1) is 28.6 Å². The Kier molecular flexibility index (Phi) is 5.34. The van der Waals surface area contributed by atoms with Crippen molar-refractivity contribution in [2.45, 2.75) is 108 Å². The number of nitrogens with zero attached hydrogens (tertiary/aromatic N) is 3. The van der Waals surface area contributed by atoms with Gasteiger partial charge in [-0.05, 0) is 82.3 Å². The summed E-state index contributed by atoms with van der Waals surface area (Å²) in [5, 5.41) is 27.5. The second kappa shape index (κ2) is 8.37. The van der Waals surface area contributed by atoms with E-state index in [1.807, 2.05) is 0 Å². The van der Waals surface area contributed by atoms with Crippen LogP contribution in [0.4, 0.5) is 0 Å². The fourth-order valence-corrected chi connectivity index (χ4v) is 7.64. The molecule has 0 aromatic carbocycles. The van der Waals surface area contributed by atoms with E-state index in [9.17, 15) is 10.5 Å². The molecule has 6 aliphatic rings. The quantitative estimate of drug-likeness (QED) is 0.559. The maximum absolute atomic E-state index is 9.83. The highest BCUT2D eigenvalue weighted by atomic mass is 15.4. The van der Waals surface area contributed by atoms with Crippen molar-refractivity contribution in [3.63, 3.8) is 0 Å². The van der Waals surface area contributed by atoms with Gasteiger partial charge in [-0.15, -0.1) is 0 Å². The number of nitriles is 2. The summed E-state index contributed by atoms with van der Waals surface area (Å²) < 4.78 is 0. The molecule has 33 heavy (non-hydrogen) atoms. The first-order valence-electron chi connectivity index (χ1n) is 13.3. The van der Waals surface area contributed by atoms with Crippen molar-refractivity contribution in [3.8, 4) is 12.1 Å². The number of fused-ring (bicyclic) bond motifs is 3. The van der Waals surface area contributed by atoms with Crippen LogP contribution in [-0.4, -0.2) is 22.6 Å². The second-order valence-corrected chi connectivity index (χ2v) is 10.9. The fourth-order valence-electron chi connectivity index (χ4n) is 7.64. The van der Waals surface area contributed by atoms with Gasteiger partial charge in [-0.1, -0.05) is 31.3 Å². The molecule has 0 radical (unpaired) electrons. The molecule has 3 fully saturated rings. The maximum Gasteiger partial charge on any atom is 0.134 e. The molecule has 4 aliphatic carbocycles. The highest BCUT2D eigenvalue weighted by Crippen LogP contribution is 2.55. The van der Waals surface area contributed by atoms with Crippen molar-refractivity contribution < 1.29 is 0 Å². The van der Waals surface area contributed by atoms with Crippen LogP contribution in [0.1, 0.15) is 89.9 Å². The van der Waals surface area contributed by atoms with Gasteiger partial charge in [0.15, 0.2) is 0 Å². The van der Waals surface area contributed by atoms with E-state index < -0.39 is 0 Å². The molecule has 0 bridgehead atoms. The molecule has 172 valence electrons. The first kappa shape index (κ1) is 21.1. The van der Waals surface area contributed by atoms with Gasteiger partial charge in [0, 0.05) is 28.7 Å². The third-order valence-corrected chi connectivity index (χ3v) is 9.11. The smallest absolute Gasteiger partial charge is 0.134 e. The Morgan fingerprint density at radius 3 is 2.58 bits per heavy atom. The molecule has 6 rings (SSSR count). The fraction of sp³-hybridized carbons (Fsp3) is 0.643. The lowest BCUT2D eigenvalue weighted by Crippen LogP contribution is -2.60. The van der Waals surface area contributed by atoms with Gasteiger partial charge >= 0.3 is 0 Å². The van der Waals surface area contributed by atoms with E-state index in [4.69, 9.17) is 0 Å². The minimum Gasteiger partial charge on any atom is -0.382 e. The SMILES string of the molecule is N#CC(C#N)=C1C=C(NC2CCCCC2)C=C2C1NC13CCCCC1CC1=C(CCCC1)N23. The van der Waals surface area contributed by atoms with Crippen molar-refractivity contribution >= 4 is 0 Å². The Bertz CT molecular complexity index is 1030. The molecule has 3 unspecified atom stereocenters. The zero-order valence-electron chi connectivity index (χ0n) is 19.6. The summed E-state index contributed by atoms with van der Waals surface area (Å²) in [6, 6.07) is 4.85. The third kappa shape index (κ3) is 3.36. The molecule has 0 aromatic heterocycles. The summed E-state index contributed by atoms with van der Waals surface area (Å²) in [6.45, 7) is 0. The normalized spacial score (nSPS) is 33.5. The average Bonchev–Trinajstić information content (AvgIpc) is 3.18. The molecule has 0 amide bonds. The van der Waals surface area contributed by atoms with E-state index >= 15 is 0 Å². The minimum absolute atomic E-state index is 0.0552. The number of allylic oxidation sites excluding steroid dienone is 4. The van der Waals surface area contributed by atoms with Crippen LogP contribution in [-0.2, 0) is 0 Å². The van der Waals surface area contributed by atoms with Gasteiger partial charge in [-0.25, -0.2) is 0 Å². The summed E-state index contributed by atoms with van der Waals surface area (Å²) >= 11 is 0. The summed E-state index contributed by atoms with van der Waals surface area (Å²) in [5.41, 5.74) is 6.64. The van der Waals surface area contributed by atoms with Crippen LogP contribution in [0.5, 0.6) is 0 Å². The first-order chi connectivity index (χ1) is 16.2. The average molecular weight is 442 g/mol. The zero-order valence-corrected chi connectivity index (χ0v) is 19.6. The molecule has 3 atom stereocenters. The molecule has 2 heterocycles. The van der Waals surface area contributed by atoms with Crippen LogP contribution in [0.15, 0.2) is 46.0 Å². The number of hydrogen-bond acceptors (Lipinski definition) is 5. The molecular weight excluding hydrogens is 406 g/mol. The largest absolute Gasteiger partial charge is 0.382 e. The minimum atomic E-state index is -0.0643. The van der Waals surface area contributed by atoms with Gasteiger partial charge < -0.3 is 10.2 Å². The lowest BCUT2D eigenvalue weighted by molar-refractivity contribution is 0.0304. The molecule has 1 saturated heterocycles. The van der Waals surface area contributed by atoms with Crippen molar-refractivity contribution in [1.29, 1.82) is 10.5 Å². The predicted octanol–water partition coefficient (Wildman–Crippen LogP) is 5.43. The topological polar surface area (TPSA) is 74.9 Å². The summed E-state index contributed by atoms with van der Waals surface area (Å²) in [4.78, 5) is 2.70. The third-order valence-electron chi connectivity index (χ3n) is 9.11. The Morgan fingerprint density at radius 2 is 1.76 bits per heavy atom. The molecule has 2 saturated carbocycles. The summed E-state index contributed by atoms with van der Waals surface area (Å²) in [7, 11) is 0. The summed E-state index contributed by atoms with van der Waals surface area (Å²) in [5.74, 6) is 0.609. The Labute approximate surface area is 197 Å². The first-order valence-corrected chi connectivity index (χ1v) is 13.3. The highest BCUT2D eigenvalue weighted by molar-refractivity contribution is 5.58. The van der Waals surface area contributed by atoms with Crippen LogP contribution in [0.25, 0.3) is 0 Å². The van der Waals surface area contributed by atoms with Gasteiger partial charge in [0.2, 0.25) is 0 Å². The molecule has 2 N–H and O–H groups in total. The maximum atomic E-state index is 9.83. The van der Waals surface area contributed by atoms with Crippen LogP contribution >= 0.6 is 0 Å². The molecule has 5 nitrogen and oxygen atoms in total. The monoisotopic (exact) mass is 441 g/mol. The van der Waals surface area contributed by atoms with Crippen molar-refractivity contribution in [2.24, 2.45) is 5.92 Å². The van der Waals surface area contributed by atoms with Crippen LogP contribution < -0.4 is 10.6 Å². The zero-order chi connectivity index (χ0) is 22.4. The van der Waals surface area contributed by atoms with E-state index in [0.717, 1.165) is 24.1 Å². The van der Waals surface area contributed by atoms with Crippen molar-refractivity contribution in [3.05, 3.63) is 46.0 Å². The lowest BCUT2D eigenvalue weighted by atomic mass is 9.70. The number of rotatable bonds is 2.